The molecule has 0 fully saturated rings. The van der Waals surface area contributed by atoms with E-state index in [1.807, 2.05) is 88.4 Å². The van der Waals surface area contributed by atoms with E-state index in [0.29, 0.717) is 42.0 Å². The van der Waals surface area contributed by atoms with E-state index < -0.39 is 6.04 Å². The van der Waals surface area contributed by atoms with Crippen LogP contribution in [-0.4, -0.2) is 40.7 Å². The number of para-hydroxylation sites is 1. The molecule has 0 bridgehead atoms. The molecule has 3 aromatic carbocycles. The minimum Gasteiger partial charge on any atom is -0.385 e. The molecule has 1 N–H and O–H groups in total. The Bertz CT molecular complexity index is 1480. The van der Waals surface area contributed by atoms with E-state index >= 15 is 0 Å². The largest absolute Gasteiger partial charge is 0.385 e. The number of carbonyl (C=O) groups is 1. The van der Waals surface area contributed by atoms with Gasteiger partial charge < -0.3 is 15.0 Å². The molecule has 0 aliphatic rings. The van der Waals surface area contributed by atoms with Gasteiger partial charge in [-0.25, -0.2) is 9.78 Å². The smallest absolute Gasteiger partial charge is 0.322 e. The van der Waals surface area contributed by atoms with Crippen LogP contribution < -0.4 is 10.9 Å². The van der Waals surface area contributed by atoms with Crippen LogP contribution in [0.3, 0.4) is 0 Å². The number of hydrogen-bond acceptors (Lipinski definition) is 4. The van der Waals surface area contributed by atoms with Gasteiger partial charge in [0.1, 0.15) is 5.82 Å². The Balaban J connectivity index is 1.84. The lowest BCUT2D eigenvalue weighted by Gasteiger charge is -2.31. The highest BCUT2D eigenvalue weighted by molar-refractivity contribution is 5.89. The second-order valence-corrected chi connectivity index (χ2v) is 9.43. The van der Waals surface area contributed by atoms with Crippen molar-refractivity contribution >= 4 is 22.6 Å². The van der Waals surface area contributed by atoms with Crippen molar-refractivity contribution < 1.29 is 9.53 Å². The van der Waals surface area contributed by atoms with Crippen LogP contribution in [0.25, 0.3) is 16.6 Å². The van der Waals surface area contributed by atoms with Crippen molar-refractivity contribution in [3.63, 3.8) is 0 Å². The predicted molar refractivity (Wildman–Crippen MR) is 149 cm³/mol. The Morgan fingerprint density at radius 1 is 1.03 bits per heavy atom. The van der Waals surface area contributed by atoms with E-state index in [1.165, 1.54) is 0 Å². The fraction of sp³-hybridized carbons (Fsp3) is 0.300. The van der Waals surface area contributed by atoms with Crippen molar-refractivity contribution in [2.45, 2.75) is 40.2 Å². The van der Waals surface area contributed by atoms with E-state index in [9.17, 15) is 9.59 Å². The number of urea groups is 1. The van der Waals surface area contributed by atoms with E-state index in [1.54, 1.807) is 22.6 Å². The van der Waals surface area contributed by atoms with Crippen molar-refractivity contribution in [3.05, 3.63) is 99.6 Å². The summed E-state index contributed by atoms with van der Waals surface area (Å²) in [4.78, 5) is 34.1. The number of hydrogen-bond donors (Lipinski definition) is 1. The minimum absolute atomic E-state index is 0.157. The number of rotatable bonds is 8. The summed E-state index contributed by atoms with van der Waals surface area (Å²) in [7, 11) is 1.64. The van der Waals surface area contributed by atoms with Crippen LogP contribution in [-0.2, 0) is 4.74 Å². The topological polar surface area (TPSA) is 76.5 Å². The molecule has 0 saturated carbocycles. The maximum absolute atomic E-state index is 13.9. The number of methoxy groups -OCH3 is 1. The first-order chi connectivity index (χ1) is 17.8. The molecule has 0 aliphatic carbocycles. The second kappa shape index (κ2) is 11.4. The summed E-state index contributed by atoms with van der Waals surface area (Å²) in [6, 6.07) is 20.2. The molecule has 1 atom stereocenters. The molecule has 0 aliphatic heterocycles. The lowest BCUT2D eigenvalue weighted by Crippen LogP contribution is -2.40. The number of aryl methyl sites for hydroxylation is 3. The van der Waals surface area contributed by atoms with Crippen LogP contribution in [0, 0.1) is 20.8 Å². The first-order valence-electron chi connectivity index (χ1n) is 12.5. The highest BCUT2D eigenvalue weighted by Crippen LogP contribution is 2.26. The first kappa shape index (κ1) is 26.1. The van der Waals surface area contributed by atoms with Crippen molar-refractivity contribution in [1.82, 2.24) is 14.5 Å². The third-order valence-corrected chi connectivity index (χ3v) is 6.51. The summed E-state index contributed by atoms with van der Waals surface area (Å²) in [5.41, 5.74) is 5.04. The zero-order valence-electron chi connectivity index (χ0n) is 22.1. The molecule has 1 heterocycles. The first-order valence-corrected chi connectivity index (χ1v) is 12.5. The van der Waals surface area contributed by atoms with E-state index in [2.05, 4.69) is 5.32 Å². The lowest BCUT2D eigenvalue weighted by atomic mass is 10.1. The number of nitrogens with one attached hydrogen (secondary N) is 1. The number of fused-ring (bicyclic) bond motifs is 1. The molecule has 1 unspecified atom stereocenters. The number of carbonyl (C=O) groups excluding carboxylic acids is 1. The summed E-state index contributed by atoms with van der Waals surface area (Å²) in [6.07, 6.45) is 0.642. The monoisotopic (exact) mass is 498 g/mol. The molecule has 7 nitrogen and oxygen atoms in total. The number of anilines is 1. The van der Waals surface area contributed by atoms with Crippen molar-refractivity contribution in [3.8, 4) is 5.69 Å². The maximum Gasteiger partial charge on any atom is 0.322 e. The standard InChI is InChI=1S/C30H34N4O3/c1-20-10-8-11-24(19-20)31-30(36)33(16-9-17-37-5)23(4)28-32-26-13-7-6-12-25(26)29(35)34(28)27-15-14-21(2)18-22(27)3/h6-8,10-15,18-19,23H,9,16-17H2,1-5H3,(H,31,36). The van der Waals surface area contributed by atoms with Crippen molar-refractivity contribution in [1.29, 1.82) is 0 Å². The molecule has 37 heavy (non-hydrogen) atoms. The van der Waals surface area contributed by atoms with Crippen molar-refractivity contribution in [2.24, 2.45) is 0 Å². The summed E-state index contributed by atoms with van der Waals surface area (Å²) in [6.45, 7) is 8.85. The average molecular weight is 499 g/mol. The minimum atomic E-state index is -0.500. The summed E-state index contributed by atoms with van der Waals surface area (Å²) < 4.78 is 6.92. The number of aromatic nitrogens is 2. The van der Waals surface area contributed by atoms with Crippen LogP contribution >= 0.6 is 0 Å². The van der Waals surface area contributed by atoms with Crippen LogP contribution in [0.1, 0.15) is 41.9 Å². The van der Waals surface area contributed by atoms with Gasteiger partial charge in [-0.1, -0.05) is 42.0 Å². The van der Waals surface area contributed by atoms with E-state index in [4.69, 9.17) is 9.72 Å². The molecule has 7 heteroatoms. The summed E-state index contributed by atoms with van der Waals surface area (Å²) in [5, 5.41) is 3.56. The van der Waals surface area contributed by atoms with Gasteiger partial charge in [-0.3, -0.25) is 9.36 Å². The van der Waals surface area contributed by atoms with Gasteiger partial charge in [-0.05, 0) is 75.6 Å². The van der Waals surface area contributed by atoms with E-state index in [0.717, 1.165) is 22.4 Å². The number of amides is 2. The van der Waals surface area contributed by atoms with Gasteiger partial charge >= 0.3 is 6.03 Å². The summed E-state index contributed by atoms with van der Waals surface area (Å²) in [5.74, 6) is 0.507. The van der Waals surface area contributed by atoms with Gasteiger partial charge in [0, 0.05) is 25.9 Å². The molecule has 4 aromatic rings. The highest BCUT2D eigenvalue weighted by atomic mass is 16.5. The zero-order valence-corrected chi connectivity index (χ0v) is 22.1. The third kappa shape index (κ3) is 5.73. The predicted octanol–water partition coefficient (Wildman–Crippen LogP) is 5.94. The van der Waals surface area contributed by atoms with Crippen LogP contribution in [0.2, 0.25) is 0 Å². The van der Waals surface area contributed by atoms with Crippen LogP contribution in [0.4, 0.5) is 10.5 Å². The highest BCUT2D eigenvalue weighted by Gasteiger charge is 2.27. The van der Waals surface area contributed by atoms with Gasteiger partial charge in [0.2, 0.25) is 0 Å². The van der Waals surface area contributed by atoms with Gasteiger partial charge in [-0.2, -0.15) is 0 Å². The Hall–Kier alpha value is -3.97. The fourth-order valence-corrected chi connectivity index (χ4v) is 4.63. The Labute approximate surface area is 217 Å². The third-order valence-electron chi connectivity index (χ3n) is 6.51. The number of benzene rings is 3. The quantitative estimate of drug-likeness (QED) is 0.305. The number of ether oxygens (including phenoxy) is 1. The maximum atomic E-state index is 13.9. The Morgan fingerprint density at radius 3 is 2.51 bits per heavy atom. The molecular formula is C30H34N4O3. The molecule has 1 aromatic heterocycles. The van der Waals surface area contributed by atoms with Crippen LogP contribution in [0.5, 0.6) is 0 Å². The fourth-order valence-electron chi connectivity index (χ4n) is 4.63. The Morgan fingerprint density at radius 2 is 1.78 bits per heavy atom. The molecule has 0 radical (unpaired) electrons. The van der Waals surface area contributed by atoms with Gasteiger partial charge in [0.25, 0.3) is 5.56 Å². The molecule has 4 rings (SSSR count). The van der Waals surface area contributed by atoms with Crippen molar-refractivity contribution in [2.75, 3.05) is 25.6 Å². The summed E-state index contributed by atoms with van der Waals surface area (Å²) >= 11 is 0. The SMILES string of the molecule is COCCCN(C(=O)Nc1cccc(C)c1)C(C)c1nc2ccccc2c(=O)n1-c1ccc(C)cc1C. The molecule has 192 valence electrons. The van der Waals surface area contributed by atoms with Gasteiger partial charge in [0.05, 0.1) is 22.6 Å². The Kier molecular flexibility index (Phi) is 8.04. The van der Waals surface area contributed by atoms with Gasteiger partial charge in [0.15, 0.2) is 0 Å². The second-order valence-electron chi connectivity index (χ2n) is 9.43. The lowest BCUT2D eigenvalue weighted by molar-refractivity contribution is 0.159. The molecule has 0 saturated heterocycles. The number of nitrogens with zero attached hydrogens (tertiary/aromatic N) is 3. The molecule has 2 amide bonds. The normalized spacial score (nSPS) is 11.9. The molecule has 0 spiro atoms. The average Bonchev–Trinajstić information content (AvgIpc) is 2.87. The van der Waals surface area contributed by atoms with Gasteiger partial charge in [-0.15, -0.1) is 0 Å². The molecular weight excluding hydrogens is 464 g/mol. The van der Waals surface area contributed by atoms with E-state index in [-0.39, 0.29) is 11.6 Å². The van der Waals surface area contributed by atoms with Crippen LogP contribution in [0.15, 0.2) is 71.5 Å². The zero-order chi connectivity index (χ0) is 26.5.